The molecular formula is C13H13FN2O3. The normalized spacial score (nSPS) is 10.7. The van der Waals surface area contributed by atoms with Gasteiger partial charge in [-0.2, -0.15) is 5.10 Å². The number of aryl methyl sites for hydroxylation is 1. The first-order valence-electron chi connectivity index (χ1n) is 5.72. The van der Waals surface area contributed by atoms with E-state index < -0.39 is 11.8 Å². The van der Waals surface area contributed by atoms with Gasteiger partial charge in [-0.05, 0) is 31.0 Å². The number of benzene rings is 1. The summed E-state index contributed by atoms with van der Waals surface area (Å²) >= 11 is 0. The third-order valence-corrected chi connectivity index (χ3v) is 2.72. The number of carbonyl (C=O) groups is 1. The maximum Gasteiger partial charge on any atom is 0.356 e. The molecule has 0 saturated carbocycles. The third-order valence-electron chi connectivity index (χ3n) is 2.72. The maximum atomic E-state index is 13.7. The molecule has 0 bridgehead atoms. The highest BCUT2D eigenvalue weighted by Crippen LogP contribution is 2.17. The van der Waals surface area contributed by atoms with Crippen LogP contribution >= 0.6 is 0 Å². The molecule has 0 aliphatic heterocycles. The van der Waals surface area contributed by atoms with E-state index in [1.54, 1.807) is 19.1 Å². The highest BCUT2D eigenvalue weighted by molar-refractivity contribution is 5.87. The van der Waals surface area contributed by atoms with Crippen molar-refractivity contribution >= 4 is 5.97 Å². The van der Waals surface area contributed by atoms with Crippen molar-refractivity contribution in [3.8, 4) is 5.69 Å². The Kier molecular flexibility index (Phi) is 3.62. The third kappa shape index (κ3) is 2.63. The molecule has 0 aliphatic rings. The van der Waals surface area contributed by atoms with Gasteiger partial charge in [-0.1, -0.05) is 6.07 Å². The van der Waals surface area contributed by atoms with E-state index in [1.165, 1.54) is 16.9 Å². The van der Waals surface area contributed by atoms with Crippen LogP contribution in [0, 0.1) is 12.7 Å². The van der Waals surface area contributed by atoms with E-state index in [9.17, 15) is 9.18 Å². The number of nitrogens with zero attached hydrogens (tertiary/aromatic N) is 2. The molecule has 1 heterocycles. The zero-order chi connectivity index (χ0) is 14.0. The molecule has 2 N–H and O–H groups in total. The second-order valence-corrected chi connectivity index (χ2v) is 4.18. The first-order chi connectivity index (χ1) is 9.02. The van der Waals surface area contributed by atoms with Gasteiger partial charge in [-0.15, -0.1) is 0 Å². The molecule has 2 aromatic rings. The van der Waals surface area contributed by atoms with Crippen LogP contribution in [0.4, 0.5) is 4.39 Å². The summed E-state index contributed by atoms with van der Waals surface area (Å²) in [5.74, 6) is -1.68. The number of halogens is 1. The molecule has 0 saturated heterocycles. The Labute approximate surface area is 108 Å². The lowest BCUT2D eigenvalue weighted by Gasteiger charge is -2.03. The first kappa shape index (κ1) is 13.2. The fourth-order valence-corrected chi connectivity index (χ4v) is 1.81. The molecule has 0 radical (unpaired) electrons. The molecule has 5 nitrogen and oxygen atoms in total. The van der Waals surface area contributed by atoms with Crippen molar-refractivity contribution in [3.63, 3.8) is 0 Å². The Morgan fingerprint density at radius 3 is 2.84 bits per heavy atom. The van der Waals surface area contributed by atoms with E-state index in [0.717, 1.165) is 5.56 Å². The summed E-state index contributed by atoms with van der Waals surface area (Å²) in [6.45, 7) is 1.61. The average molecular weight is 264 g/mol. The molecule has 1 aromatic carbocycles. The predicted molar refractivity (Wildman–Crippen MR) is 66.0 cm³/mol. The Hall–Kier alpha value is -2.21. The Morgan fingerprint density at radius 2 is 2.21 bits per heavy atom. The predicted octanol–water partition coefficient (Wildman–Crippen LogP) is 1.55. The first-order valence-corrected chi connectivity index (χ1v) is 5.72. The summed E-state index contributed by atoms with van der Waals surface area (Å²) in [6, 6.07) is 4.50. The number of hydrogen-bond donors (Lipinski definition) is 2. The number of carboxylic acid groups (broad SMARTS) is 1. The molecule has 6 heteroatoms. The van der Waals surface area contributed by atoms with Crippen LogP contribution < -0.4 is 0 Å². The number of aliphatic hydroxyl groups is 1. The van der Waals surface area contributed by atoms with Gasteiger partial charge in [-0.3, -0.25) is 0 Å². The van der Waals surface area contributed by atoms with Crippen LogP contribution in [0.15, 0.2) is 24.4 Å². The van der Waals surface area contributed by atoms with Gasteiger partial charge in [0.25, 0.3) is 0 Å². The molecule has 2 rings (SSSR count). The van der Waals surface area contributed by atoms with E-state index in [1.807, 2.05) is 0 Å². The molecule has 0 unspecified atom stereocenters. The molecule has 100 valence electrons. The highest BCUT2D eigenvalue weighted by Gasteiger charge is 2.17. The van der Waals surface area contributed by atoms with Crippen molar-refractivity contribution in [1.82, 2.24) is 9.78 Å². The lowest BCUT2D eigenvalue weighted by molar-refractivity contribution is 0.0688. The van der Waals surface area contributed by atoms with Gasteiger partial charge in [0.2, 0.25) is 0 Å². The standard InChI is InChI=1S/C13H13FN2O3/c1-8-2-3-10(14)11(6-8)16-7-9(4-5-17)12(15-16)13(18)19/h2-3,6-7,17H,4-5H2,1H3,(H,18,19). The van der Waals surface area contributed by atoms with Crippen LogP contribution in [0.5, 0.6) is 0 Å². The summed E-state index contributed by atoms with van der Waals surface area (Å²) < 4.78 is 14.9. The van der Waals surface area contributed by atoms with Gasteiger partial charge in [0.1, 0.15) is 11.5 Å². The van der Waals surface area contributed by atoms with Gasteiger partial charge in [0.15, 0.2) is 5.69 Å². The van der Waals surface area contributed by atoms with Crippen molar-refractivity contribution in [3.05, 3.63) is 47.0 Å². The van der Waals surface area contributed by atoms with E-state index in [-0.39, 0.29) is 24.4 Å². The average Bonchev–Trinajstić information content (AvgIpc) is 2.77. The van der Waals surface area contributed by atoms with Crippen LogP contribution in [0.1, 0.15) is 21.6 Å². The van der Waals surface area contributed by atoms with E-state index >= 15 is 0 Å². The number of aromatic nitrogens is 2. The van der Waals surface area contributed by atoms with Crippen molar-refractivity contribution in [2.45, 2.75) is 13.3 Å². The number of aromatic carboxylic acids is 1. The molecule has 0 atom stereocenters. The number of carboxylic acids is 1. The highest BCUT2D eigenvalue weighted by atomic mass is 19.1. The number of rotatable bonds is 4. The Morgan fingerprint density at radius 1 is 1.47 bits per heavy atom. The fourth-order valence-electron chi connectivity index (χ4n) is 1.81. The fraction of sp³-hybridized carbons (Fsp3) is 0.231. The zero-order valence-electron chi connectivity index (χ0n) is 10.3. The van der Waals surface area contributed by atoms with Gasteiger partial charge < -0.3 is 10.2 Å². The van der Waals surface area contributed by atoms with Gasteiger partial charge >= 0.3 is 5.97 Å². The van der Waals surface area contributed by atoms with Gasteiger partial charge in [0.05, 0.1) is 0 Å². The molecule has 0 spiro atoms. The second-order valence-electron chi connectivity index (χ2n) is 4.18. The minimum atomic E-state index is -1.20. The zero-order valence-corrected chi connectivity index (χ0v) is 10.3. The summed E-state index contributed by atoms with van der Waals surface area (Å²) in [7, 11) is 0. The van der Waals surface area contributed by atoms with Gasteiger partial charge in [-0.25, -0.2) is 13.9 Å². The van der Waals surface area contributed by atoms with Crippen molar-refractivity contribution in [2.75, 3.05) is 6.61 Å². The molecule has 0 amide bonds. The monoisotopic (exact) mass is 264 g/mol. The van der Waals surface area contributed by atoms with Crippen LogP contribution in [-0.2, 0) is 6.42 Å². The van der Waals surface area contributed by atoms with E-state index in [4.69, 9.17) is 10.2 Å². The molecular weight excluding hydrogens is 251 g/mol. The Bertz CT molecular complexity index is 622. The molecule has 1 aromatic heterocycles. The topological polar surface area (TPSA) is 75.4 Å². The van der Waals surface area contributed by atoms with Crippen LogP contribution in [0.2, 0.25) is 0 Å². The maximum absolute atomic E-state index is 13.7. The Balaban J connectivity index is 2.53. The van der Waals surface area contributed by atoms with Crippen LogP contribution in [-0.4, -0.2) is 32.6 Å². The van der Waals surface area contributed by atoms with Gasteiger partial charge in [0, 0.05) is 18.4 Å². The van der Waals surface area contributed by atoms with Crippen molar-refractivity contribution in [2.24, 2.45) is 0 Å². The SMILES string of the molecule is Cc1ccc(F)c(-n2cc(CCO)c(C(=O)O)n2)c1. The molecule has 19 heavy (non-hydrogen) atoms. The summed E-state index contributed by atoms with van der Waals surface area (Å²) in [5, 5.41) is 21.8. The van der Waals surface area contributed by atoms with Crippen molar-refractivity contribution < 1.29 is 19.4 Å². The summed E-state index contributed by atoms with van der Waals surface area (Å²) in [6.07, 6.45) is 1.59. The lowest BCUT2D eigenvalue weighted by atomic mass is 10.2. The quantitative estimate of drug-likeness (QED) is 0.878. The summed E-state index contributed by atoms with van der Waals surface area (Å²) in [4.78, 5) is 11.0. The van der Waals surface area contributed by atoms with Crippen LogP contribution in [0.3, 0.4) is 0 Å². The van der Waals surface area contributed by atoms with Crippen LogP contribution in [0.25, 0.3) is 5.69 Å². The van der Waals surface area contributed by atoms with Crippen molar-refractivity contribution in [1.29, 1.82) is 0 Å². The molecule has 0 aliphatic carbocycles. The van der Waals surface area contributed by atoms with E-state index in [2.05, 4.69) is 5.10 Å². The minimum Gasteiger partial charge on any atom is -0.476 e. The number of aliphatic hydroxyl groups excluding tert-OH is 1. The largest absolute Gasteiger partial charge is 0.476 e. The van der Waals surface area contributed by atoms with E-state index in [0.29, 0.717) is 5.56 Å². The lowest BCUT2D eigenvalue weighted by Crippen LogP contribution is -2.04. The smallest absolute Gasteiger partial charge is 0.356 e. The molecule has 0 fully saturated rings. The second kappa shape index (κ2) is 5.19. The number of hydrogen-bond acceptors (Lipinski definition) is 3. The minimum absolute atomic E-state index is 0.162. The summed E-state index contributed by atoms with van der Waals surface area (Å²) in [5.41, 5.74) is 1.23.